The monoisotopic (exact) mass is 240 g/mol. The van der Waals surface area contributed by atoms with E-state index >= 15 is 0 Å². The molecule has 0 heterocycles. The molecule has 16 heavy (non-hydrogen) atoms. The molecule has 0 radical (unpaired) electrons. The summed E-state index contributed by atoms with van der Waals surface area (Å²) >= 11 is 0. The van der Waals surface area contributed by atoms with E-state index in [-0.39, 0.29) is 0 Å². The third-order valence-electron chi connectivity index (χ3n) is 2.38. The van der Waals surface area contributed by atoms with Crippen molar-refractivity contribution in [2.75, 3.05) is 26.7 Å². The fourth-order valence-electron chi connectivity index (χ4n) is 1.62. The summed E-state index contributed by atoms with van der Waals surface area (Å²) in [5.41, 5.74) is 0. The number of nitrogens with one attached hydrogen (secondary N) is 1. The van der Waals surface area contributed by atoms with Crippen molar-refractivity contribution in [1.29, 1.82) is 0 Å². The summed E-state index contributed by atoms with van der Waals surface area (Å²) in [4.78, 5) is 1.31. The van der Waals surface area contributed by atoms with Gasteiger partial charge in [-0.2, -0.15) is 13.2 Å². The van der Waals surface area contributed by atoms with E-state index < -0.39 is 12.7 Å². The quantitative estimate of drug-likeness (QED) is 0.656. The summed E-state index contributed by atoms with van der Waals surface area (Å²) in [7, 11) is 1.50. The molecule has 0 fully saturated rings. The van der Waals surface area contributed by atoms with Crippen LogP contribution in [-0.4, -0.2) is 43.8 Å². The summed E-state index contributed by atoms with van der Waals surface area (Å²) in [5.74, 6) is 0. The lowest BCUT2D eigenvalue weighted by atomic mass is 10.2. The van der Waals surface area contributed by atoms with Gasteiger partial charge >= 0.3 is 6.18 Å². The lowest BCUT2D eigenvalue weighted by Crippen LogP contribution is -2.34. The molecule has 1 unspecified atom stereocenters. The zero-order valence-corrected chi connectivity index (χ0v) is 10.4. The van der Waals surface area contributed by atoms with E-state index in [0.29, 0.717) is 12.6 Å². The normalized spacial score (nSPS) is 14.4. The second-order valence-electron chi connectivity index (χ2n) is 4.35. The van der Waals surface area contributed by atoms with Crippen LogP contribution >= 0.6 is 0 Å². The molecule has 0 aliphatic heterocycles. The third-order valence-corrected chi connectivity index (χ3v) is 2.38. The van der Waals surface area contributed by atoms with E-state index in [1.807, 2.05) is 0 Å². The number of hydrogen-bond acceptors (Lipinski definition) is 2. The molecule has 0 aliphatic carbocycles. The van der Waals surface area contributed by atoms with E-state index in [0.717, 1.165) is 25.8 Å². The summed E-state index contributed by atoms with van der Waals surface area (Å²) in [6.45, 7) is 4.66. The highest BCUT2D eigenvalue weighted by atomic mass is 19.4. The number of hydrogen-bond donors (Lipinski definition) is 1. The Kier molecular flexibility index (Phi) is 7.76. The molecule has 1 atom stereocenters. The smallest absolute Gasteiger partial charge is 0.314 e. The van der Waals surface area contributed by atoms with Crippen molar-refractivity contribution in [3.8, 4) is 0 Å². The summed E-state index contributed by atoms with van der Waals surface area (Å²) < 4.78 is 36.0. The van der Waals surface area contributed by atoms with Crippen LogP contribution in [0.4, 0.5) is 13.2 Å². The van der Waals surface area contributed by atoms with Gasteiger partial charge in [0, 0.05) is 6.04 Å². The minimum atomic E-state index is -4.09. The third kappa shape index (κ3) is 10.2. The van der Waals surface area contributed by atoms with E-state index in [1.54, 1.807) is 0 Å². The molecule has 1 N–H and O–H groups in total. The predicted octanol–water partition coefficient (Wildman–Crippen LogP) is 2.65. The lowest BCUT2D eigenvalue weighted by molar-refractivity contribution is -0.143. The van der Waals surface area contributed by atoms with E-state index in [2.05, 4.69) is 19.2 Å². The molecule has 0 rings (SSSR count). The van der Waals surface area contributed by atoms with E-state index in [1.165, 1.54) is 11.9 Å². The first kappa shape index (κ1) is 15.7. The molecule has 2 nitrogen and oxygen atoms in total. The Hall–Kier alpha value is -0.290. The van der Waals surface area contributed by atoms with Crippen molar-refractivity contribution in [3.63, 3.8) is 0 Å². The van der Waals surface area contributed by atoms with Crippen LogP contribution in [0.25, 0.3) is 0 Å². The highest BCUT2D eigenvalue weighted by molar-refractivity contribution is 4.62. The minimum Gasteiger partial charge on any atom is -0.314 e. The lowest BCUT2D eigenvalue weighted by Gasteiger charge is -2.19. The molecular formula is C11H23F3N2. The Balaban J connectivity index is 3.44. The van der Waals surface area contributed by atoms with Crippen molar-refractivity contribution in [3.05, 3.63) is 0 Å². The predicted molar refractivity (Wildman–Crippen MR) is 60.5 cm³/mol. The molecule has 0 saturated heterocycles. The Bertz CT molecular complexity index is 171. The molecule has 0 spiro atoms. The number of nitrogens with zero attached hydrogens (tertiary/aromatic N) is 1. The van der Waals surface area contributed by atoms with Crippen molar-refractivity contribution in [1.82, 2.24) is 10.2 Å². The van der Waals surface area contributed by atoms with Gasteiger partial charge in [0.05, 0.1) is 6.54 Å². The van der Waals surface area contributed by atoms with Crippen LogP contribution in [0, 0.1) is 0 Å². The fourth-order valence-corrected chi connectivity index (χ4v) is 1.62. The van der Waals surface area contributed by atoms with Gasteiger partial charge in [0.2, 0.25) is 0 Å². The highest BCUT2D eigenvalue weighted by Crippen LogP contribution is 2.15. The zero-order chi connectivity index (χ0) is 12.6. The van der Waals surface area contributed by atoms with Gasteiger partial charge < -0.3 is 5.32 Å². The van der Waals surface area contributed by atoms with Gasteiger partial charge in [0.15, 0.2) is 0 Å². The summed E-state index contributed by atoms with van der Waals surface area (Å²) in [6.07, 6.45) is -1.10. The SMILES string of the molecule is CCCC(C)NCCCN(C)CC(F)(F)F. The van der Waals surface area contributed by atoms with Crippen LogP contribution in [0.2, 0.25) is 0 Å². The molecule has 0 bridgehead atoms. The number of rotatable bonds is 8. The Morgan fingerprint density at radius 1 is 1.31 bits per heavy atom. The van der Waals surface area contributed by atoms with Gasteiger partial charge in [-0.15, -0.1) is 0 Å². The molecule has 0 aromatic rings. The Morgan fingerprint density at radius 2 is 1.94 bits per heavy atom. The Labute approximate surface area is 96.2 Å². The van der Waals surface area contributed by atoms with Gasteiger partial charge in [-0.05, 0) is 39.9 Å². The first-order chi connectivity index (χ1) is 7.35. The van der Waals surface area contributed by atoms with Crippen LogP contribution in [0.5, 0.6) is 0 Å². The first-order valence-corrected chi connectivity index (χ1v) is 5.84. The minimum absolute atomic E-state index is 0.456. The number of alkyl halides is 3. The van der Waals surface area contributed by atoms with Crippen LogP contribution in [0.1, 0.15) is 33.1 Å². The van der Waals surface area contributed by atoms with Crippen LogP contribution in [-0.2, 0) is 0 Å². The second-order valence-corrected chi connectivity index (χ2v) is 4.35. The van der Waals surface area contributed by atoms with Gasteiger partial charge in [0.1, 0.15) is 0 Å². The van der Waals surface area contributed by atoms with E-state index in [4.69, 9.17) is 0 Å². The molecule has 5 heteroatoms. The molecular weight excluding hydrogens is 217 g/mol. The summed E-state index contributed by atoms with van der Waals surface area (Å²) in [5, 5.41) is 3.29. The summed E-state index contributed by atoms with van der Waals surface area (Å²) in [6, 6.07) is 0.456. The van der Waals surface area contributed by atoms with Crippen LogP contribution < -0.4 is 5.32 Å². The Morgan fingerprint density at radius 3 is 2.44 bits per heavy atom. The van der Waals surface area contributed by atoms with Crippen molar-refractivity contribution in [2.45, 2.75) is 45.3 Å². The average molecular weight is 240 g/mol. The maximum Gasteiger partial charge on any atom is 0.401 e. The zero-order valence-electron chi connectivity index (χ0n) is 10.4. The van der Waals surface area contributed by atoms with Crippen LogP contribution in [0.3, 0.4) is 0 Å². The molecule has 98 valence electrons. The standard InChI is InChI=1S/C11H23F3N2/c1-4-6-10(2)15-7-5-8-16(3)9-11(12,13)14/h10,15H,4-9H2,1-3H3. The van der Waals surface area contributed by atoms with Crippen molar-refractivity contribution in [2.24, 2.45) is 0 Å². The topological polar surface area (TPSA) is 15.3 Å². The molecule has 0 aliphatic rings. The highest BCUT2D eigenvalue weighted by Gasteiger charge is 2.28. The molecule has 0 saturated carbocycles. The fraction of sp³-hybridized carbons (Fsp3) is 1.00. The second kappa shape index (κ2) is 7.90. The molecule has 0 amide bonds. The van der Waals surface area contributed by atoms with Gasteiger partial charge in [-0.25, -0.2) is 0 Å². The maximum absolute atomic E-state index is 12.0. The van der Waals surface area contributed by atoms with Gasteiger partial charge in [-0.3, -0.25) is 4.90 Å². The van der Waals surface area contributed by atoms with Gasteiger partial charge in [-0.1, -0.05) is 13.3 Å². The van der Waals surface area contributed by atoms with Crippen molar-refractivity contribution < 1.29 is 13.2 Å². The maximum atomic E-state index is 12.0. The molecule has 0 aromatic heterocycles. The number of halogens is 3. The van der Waals surface area contributed by atoms with Crippen LogP contribution in [0.15, 0.2) is 0 Å². The van der Waals surface area contributed by atoms with Gasteiger partial charge in [0.25, 0.3) is 0 Å². The molecule has 0 aromatic carbocycles. The first-order valence-electron chi connectivity index (χ1n) is 5.84. The largest absolute Gasteiger partial charge is 0.401 e. The van der Waals surface area contributed by atoms with E-state index in [9.17, 15) is 13.2 Å². The average Bonchev–Trinajstić information content (AvgIpc) is 2.10. The van der Waals surface area contributed by atoms with Crippen molar-refractivity contribution >= 4 is 0 Å².